The Labute approximate surface area is 133 Å². The zero-order chi connectivity index (χ0) is 15.8. The minimum Gasteiger partial charge on any atom is -0.462 e. The molecule has 3 aliphatic carbocycles. The molecule has 1 N–H and O–H groups in total. The maximum Gasteiger partial charge on any atom is 0.306 e. The number of rotatable bonds is 0. The van der Waals surface area contributed by atoms with E-state index in [0.29, 0.717) is 24.2 Å². The van der Waals surface area contributed by atoms with E-state index < -0.39 is 5.60 Å². The Hall–Kier alpha value is -0.570. The average Bonchev–Trinajstić information content (AvgIpc) is 2.70. The summed E-state index contributed by atoms with van der Waals surface area (Å²) in [6, 6.07) is 0. The fourth-order valence-corrected chi connectivity index (χ4v) is 6.79. The van der Waals surface area contributed by atoms with Crippen LogP contribution < -0.4 is 0 Å². The highest BCUT2D eigenvalue weighted by molar-refractivity contribution is 5.70. The second kappa shape index (κ2) is 4.49. The molecule has 0 aromatic rings. The number of fused-ring (bicyclic) bond motifs is 5. The maximum atomic E-state index is 11.7. The van der Waals surface area contributed by atoms with Crippen molar-refractivity contribution in [3.8, 4) is 0 Å². The number of carbonyl (C=O) groups excluding carboxylic acids is 1. The van der Waals surface area contributed by atoms with Crippen molar-refractivity contribution >= 4 is 5.97 Å². The van der Waals surface area contributed by atoms with Gasteiger partial charge in [0.1, 0.15) is 6.10 Å². The number of carbonyl (C=O) groups is 1. The molecular formula is C19H30O3. The van der Waals surface area contributed by atoms with Gasteiger partial charge in [-0.05, 0) is 75.0 Å². The molecule has 0 spiro atoms. The van der Waals surface area contributed by atoms with Crippen LogP contribution >= 0.6 is 0 Å². The minimum atomic E-state index is -0.501. The van der Waals surface area contributed by atoms with E-state index in [2.05, 4.69) is 20.8 Å². The second-order valence-electron chi connectivity index (χ2n) is 9.21. The first-order valence-electron chi connectivity index (χ1n) is 9.20. The van der Waals surface area contributed by atoms with Crippen LogP contribution in [0.4, 0.5) is 0 Å². The van der Waals surface area contributed by atoms with Gasteiger partial charge in [0.25, 0.3) is 0 Å². The predicted molar refractivity (Wildman–Crippen MR) is 84.1 cm³/mol. The van der Waals surface area contributed by atoms with E-state index in [4.69, 9.17) is 4.74 Å². The van der Waals surface area contributed by atoms with Gasteiger partial charge < -0.3 is 9.84 Å². The monoisotopic (exact) mass is 306 g/mol. The largest absolute Gasteiger partial charge is 0.462 e. The van der Waals surface area contributed by atoms with Gasteiger partial charge >= 0.3 is 5.97 Å². The van der Waals surface area contributed by atoms with Gasteiger partial charge in [0.15, 0.2) is 0 Å². The Morgan fingerprint density at radius 3 is 2.50 bits per heavy atom. The van der Waals surface area contributed by atoms with Crippen LogP contribution in [0.25, 0.3) is 0 Å². The molecule has 124 valence electrons. The minimum absolute atomic E-state index is 0.00497. The summed E-state index contributed by atoms with van der Waals surface area (Å²) in [6.07, 6.45) is 8.37. The van der Waals surface area contributed by atoms with Crippen LogP contribution in [0.2, 0.25) is 0 Å². The lowest BCUT2D eigenvalue weighted by molar-refractivity contribution is -0.197. The molecule has 22 heavy (non-hydrogen) atoms. The molecule has 4 aliphatic rings. The number of aliphatic hydroxyl groups is 1. The van der Waals surface area contributed by atoms with E-state index in [0.717, 1.165) is 25.7 Å². The third kappa shape index (κ3) is 1.75. The molecule has 0 amide bonds. The first-order valence-corrected chi connectivity index (χ1v) is 9.20. The van der Waals surface area contributed by atoms with Crippen LogP contribution in [0.5, 0.6) is 0 Å². The summed E-state index contributed by atoms with van der Waals surface area (Å²) >= 11 is 0. The summed E-state index contributed by atoms with van der Waals surface area (Å²) < 4.78 is 5.73. The summed E-state index contributed by atoms with van der Waals surface area (Å²) in [4.78, 5) is 11.7. The van der Waals surface area contributed by atoms with Gasteiger partial charge in [-0.1, -0.05) is 13.8 Å². The lowest BCUT2D eigenvalue weighted by Gasteiger charge is -2.60. The molecule has 0 bridgehead atoms. The van der Waals surface area contributed by atoms with Gasteiger partial charge in [0.2, 0.25) is 0 Å². The lowest BCUT2D eigenvalue weighted by atomic mass is 9.47. The SMILES string of the molecule is C[C@@]12CCC(=O)O[C@H]1CC[C@H]1[C@H]3CC[C@@](C)(O)[C@]3(C)CC[C@@H]12. The Bertz CT molecular complexity index is 499. The normalized spacial score (nSPS) is 57.5. The molecule has 3 nitrogen and oxygen atoms in total. The molecule has 3 saturated carbocycles. The summed E-state index contributed by atoms with van der Waals surface area (Å²) in [5, 5.41) is 10.9. The van der Waals surface area contributed by atoms with Crippen LogP contribution in [-0.4, -0.2) is 22.8 Å². The molecule has 0 unspecified atom stereocenters. The number of ether oxygens (including phenoxy) is 1. The van der Waals surface area contributed by atoms with E-state index in [1.807, 2.05) is 0 Å². The topological polar surface area (TPSA) is 46.5 Å². The molecule has 7 atom stereocenters. The van der Waals surface area contributed by atoms with Crippen molar-refractivity contribution in [1.29, 1.82) is 0 Å². The standard InChI is InChI=1S/C19H30O3/c1-17-9-8-16(20)22-15(17)5-4-12-13(17)6-10-18(2)14(12)7-11-19(18,3)21/h12-15,21H,4-11H2,1-3H3/t12-,13+,14-,15+,17+,18-,19-/m1/s1. The maximum absolute atomic E-state index is 11.7. The van der Waals surface area contributed by atoms with Crippen LogP contribution in [0.3, 0.4) is 0 Å². The summed E-state index contributed by atoms with van der Waals surface area (Å²) in [7, 11) is 0. The molecule has 0 aromatic carbocycles. The highest BCUT2D eigenvalue weighted by Crippen LogP contribution is 2.66. The predicted octanol–water partition coefficient (Wildman–Crippen LogP) is 3.69. The highest BCUT2D eigenvalue weighted by atomic mass is 16.5. The highest BCUT2D eigenvalue weighted by Gasteiger charge is 2.63. The second-order valence-corrected chi connectivity index (χ2v) is 9.21. The smallest absolute Gasteiger partial charge is 0.306 e. The van der Waals surface area contributed by atoms with Crippen LogP contribution in [-0.2, 0) is 9.53 Å². The Morgan fingerprint density at radius 2 is 1.73 bits per heavy atom. The average molecular weight is 306 g/mol. The molecule has 1 heterocycles. The lowest BCUT2D eigenvalue weighted by Crippen LogP contribution is -2.58. The molecule has 0 aromatic heterocycles. The van der Waals surface area contributed by atoms with Gasteiger partial charge in [-0.3, -0.25) is 4.79 Å². The van der Waals surface area contributed by atoms with Crippen molar-refractivity contribution < 1.29 is 14.6 Å². The fraction of sp³-hybridized carbons (Fsp3) is 0.947. The van der Waals surface area contributed by atoms with E-state index in [-0.39, 0.29) is 22.9 Å². The van der Waals surface area contributed by atoms with Crippen LogP contribution in [0, 0.1) is 28.6 Å². The summed E-state index contributed by atoms with van der Waals surface area (Å²) in [6.45, 7) is 6.76. The van der Waals surface area contributed by atoms with Crippen molar-refractivity contribution in [3.63, 3.8) is 0 Å². The number of esters is 1. The van der Waals surface area contributed by atoms with Crippen molar-refractivity contribution in [2.24, 2.45) is 28.6 Å². The van der Waals surface area contributed by atoms with Crippen molar-refractivity contribution in [3.05, 3.63) is 0 Å². The first-order chi connectivity index (χ1) is 10.3. The molecule has 1 aliphatic heterocycles. The summed E-state index contributed by atoms with van der Waals surface area (Å²) in [5.74, 6) is 2.04. The van der Waals surface area contributed by atoms with Gasteiger partial charge in [-0.2, -0.15) is 0 Å². The van der Waals surface area contributed by atoms with Gasteiger partial charge in [-0.25, -0.2) is 0 Å². The molecular weight excluding hydrogens is 276 g/mol. The van der Waals surface area contributed by atoms with E-state index in [1.54, 1.807) is 0 Å². The van der Waals surface area contributed by atoms with Gasteiger partial charge in [-0.15, -0.1) is 0 Å². The number of hydrogen-bond donors (Lipinski definition) is 1. The quantitative estimate of drug-likeness (QED) is 0.694. The number of hydrogen-bond acceptors (Lipinski definition) is 3. The van der Waals surface area contributed by atoms with Crippen molar-refractivity contribution in [1.82, 2.24) is 0 Å². The zero-order valence-electron chi connectivity index (χ0n) is 14.2. The zero-order valence-corrected chi connectivity index (χ0v) is 14.2. The first kappa shape index (κ1) is 15.0. The van der Waals surface area contributed by atoms with Crippen LogP contribution in [0.15, 0.2) is 0 Å². The molecule has 0 radical (unpaired) electrons. The fourth-order valence-electron chi connectivity index (χ4n) is 6.79. The molecule has 4 fully saturated rings. The van der Waals surface area contributed by atoms with Gasteiger partial charge in [0.05, 0.1) is 5.60 Å². The van der Waals surface area contributed by atoms with E-state index >= 15 is 0 Å². The summed E-state index contributed by atoms with van der Waals surface area (Å²) in [5.41, 5.74) is -0.241. The molecule has 1 saturated heterocycles. The van der Waals surface area contributed by atoms with Crippen molar-refractivity contribution in [2.45, 2.75) is 83.8 Å². The third-order valence-electron chi connectivity index (χ3n) is 8.49. The molecule has 3 heteroatoms. The van der Waals surface area contributed by atoms with E-state index in [1.165, 1.54) is 19.3 Å². The Balaban J connectivity index is 1.65. The van der Waals surface area contributed by atoms with E-state index in [9.17, 15) is 9.90 Å². The Morgan fingerprint density at radius 1 is 1.00 bits per heavy atom. The molecule has 4 rings (SSSR count). The van der Waals surface area contributed by atoms with Crippen molar-refractivity contribution in [2.75, 3.05) is 0 Å². The van der Waals surface area contributed by atoms with Gasteiger partial charge in [0, 0.05) is 11.8 Å². The van der Waals surface area contributed by atoms with Crippen LogP contribution in [0.1, 0.15) is 72.1 Å². The Kier molecular flexibility index (Phi) is 3.06. The third-order valence-corrected chi connectivity index (χ3v) is 8.49.